The van der Waals surface area contributed by atoms with Gasteiger partial charge in [-0.3, -0.25) is 4.79 Å². The Morgan fingerprint density at radius 1 is 1.14 bits per heavy atom. The van der Waals surface area contributed by atoms with Crippen molar-refractivity contribution < 1.29 is 4.79 Å². The molecule has 0 aromatic carbocycles. The van der Waals surface area contributed by atoms with Crippen LogP contribution in [0.1, 0.15) is 40.5 Å². The zero-order chi connectivity index (χ0) is 11.0. The Hall–Kier alpha value is -0.570. The largest absolute Gasteiger partial charge is 0.355 e. The van der Waals surface area contributed by atoms with E-state index < -0.39 is 0 Å². The van der Waals surface area contributed by atoms with Crippen molar-refractivity contribution in [2.45, 2.75) is 46.6 Å². The molecule has 0 rings (SSSR count). The SMILES string of the molecule is CC(C)CCC(=O)NCCNC(C)C. The van der Waals surface area contributed by atoms with Gasteiger partial charge in [0.2, 0.25) is 5.91 Å². The third-order valence-electron chi connectivity index (χ3n) is 1.95. The Kier molecular flexibility index (Phi) is 7.48. The maximum atomic E-state index is 11.3. The van der Waals surface area contributed by atoms with Gasteiger partial charge in [-0.25, -0.2) is 0 Å². The maximum absolute atomic E-state index is 11.3. The minimum Gasteiger partial charge on any atom is -0.355 e. The molecule has 0 fully saturated rings. The molecule has 0 heterocycles. The van der Waals surface area contributed by atoms with E-state index in [1.807, 2.05) is 0 Å². The Morgan fingerprint density at radius 3 is 2.29 bits per heavy atom. The fourth-order valence-electron chi connectivity index (χ4n) is 1.07. The minimum atomic E-state index is 0.171. The molecule has 84 valence electrons. The summed E-state index contributed by atoms with van der Waals surface area (Å²) in [5, 5.41) is 6.14. The van der Waals surface area contributed by atoms with E-state index in [9.17, 15) is 4.79 Å². The van der Waals surface area contributed by atoms with Gasteiger partial charge < -0.3 is 10.6 Å². The zero-order valence-electron chi connectivity index (χ0n) is 9.89. The summed E-state index contributed by atoms with van der Waals surface area (Å²) < 4.78 is 0. The molecule has 2 N–H and O–H groups in total. The van der Waals surface area contributed by atoms with Crippen molar-refractivity contribution in [1.29, 1.82) is 0 Å². The molecule has 0 spiro atoms. The summed E-state index contributed by atoms with van der Waals surface area (Å²) in [6, 6.07) is 0.488. The van der Waals surface area contributed by atoms with E-state index in [1.165, 1.54) is 0 Å². The highest BCUT2D eigenvalue weighted by atomic mass is 16.1. The van der Waals surface area contributed by atoms with E-state index in [4.69, 9.17) is 0 Å². The Balaban J connectivity index is 3.27. The Morgan fingerprint density at radius 2 is 1.79 bits per heavy atom. The van der Waals surface area contributed by atoms with Crippen molar-refractivity contribution in [3.8, 4) is 0 Å². The molecule has 0 saturated carbocycles. The van der Waals surface area contributed by atoms with Crippen LogP contribution in [0.2, 0.25) is 0 Å². The number of carbonyl (C=O) groups excluding carboxylic acids is 1. The molecular weight excluding hydrogens is 176 g/mol. The fraction of sp³-hybridized carbons (Fsp3) is 0.909. The molecule has 0 radical (unpaired) electrons. The first-order chi connectivity index (χ1) is 6.52. The molecule has 3 nitrogen and oxygen atoms in total. The van der Waals surface area contributed by atoms with Gasteiger partial charge in [-0.05, 0) is 12.3 Å². The predicted molar refractivity (Wildman–Crippen MR) is 60.2 cm³/mol. The fourth-order valence-corrected chi connectivity index (χ4v) is 1.07. The van der Waals surface area contributed by atoms with Crippen LogP contribution in [0.5, 0.6) is 0 Å². The summed E-state index contributed by atoms with van der Waals surface area (Å²) in [5.41, 5.74) is 0. The molecule has 0 saturated heterocycles. The average Bonchev–Trinajstić information content (AvgIpc) is 2.08. The number of hydrogen-bond donors (Lipinski definition) is 2. The molecular formula is C11H24N2O. The monoisotopic (exact) mass is 200 g/mol. The van der Waals surface area contributed by atoms with Gasteiger partial charge in [0.15, 0.2) is 0 Å². The second-order valence-corrected chi connectivity index (χ2v) is 4.39. The van der Waals surface area contributed by atoms with E-state index in [-0.39, 0.29) is 5.91 Å². The van der Waals surface area contributed by atoms with E-state index >= 15 is 0 Å². The second kappa shape index (κ2) is 7.80. The number of rotatable bonds is 7. The van der Waals surface area contributed by atoms with Gasteiger partial charge in [0.05, 0.1) is 0 Å². The first-order valence-electron chi connectivity index (χ1n) is 5.52. The van der Waals surface area contributed by atoms with Crippen LogP contribution in [-0.4, -0.2) is 25.0 Å². The summed E-state index contributed by atoms with van der Waals surface area (Å²) in [6.07, 6.45) is 1.63. The van der Waals surface area contributed by atoms with Gasteiger partial charge in [-0.2, -0.15) is 0 Å². The molecule has 0 aliphatic heterocycles. The number of nitrogens with one attached hydrogen (secondary N) is 2. The van der Waals surface area contributed by atoms with Crippen LogP contribution >= 0.6 is 0 Å². The van der Waals surface area contributed by atoms with Crippen LogP contribution in [0.4, 0.5) is 0 Å². The van der Waals surface area contributed by atoms with Crippen molar-refractivity contribution >= 4 is 5.91 Å². The molecule has 3 heteroatoms. The molecule has 0 atom stereocenters. The summed E-state index contributed by atoms with van der Waals surface area (Å²) in [4.78, 5) is 11.3. The number of carbonyl (C=O) groups is 1. The van der Waals surface area contributed by atoms with E-state index in [2.05, 4.69) is 38.3 Å². The molecule has 0 aliphatic rings. The van der Waals surface area contributed by atoms with Crippen molar-refractivity contribution in [2.24, 2.45) is 5.92 Å². The van der Waals surface area contributed by atoms with Gasteiger partial charge in [-0.15, -0.1) is 0 Å². The topological polar surface area (TPSA) is 41.1 Å². The van der Waals surface area contributed by atoms with Crippen LogP contribution in [0.3, 0.4) is 0 Å². The lowest BCUT2D eigenvalue weighted by Gasteiger charge is -2.09. The predicted octanol–water partition coefficient (Wildman–Crippen LogP) is 1.54. The molecule has 0 aromatic heterocycles. The maximum Gasteiger partial charge on any atom is 0.220 e. The van der Waals surface area contributed by atoms with Crippen LogP contribution in [0.25, 0.3) is 0 Å². The van der Waals surface area contributed by atoms with E-state index in [0.717, 1.165) is 19.5 Å². The summed E-state index contributed by atoms with van der Waals surface area (Å²) in [5.74, 6) is 0.777. The lowest BCUT2D eigenvalue weighted by Crippen LogP contribution is -2.34. The third-order valence-corrected chi connectivity index (χ3v) is 1.95. The Bertz CT molecular complexity index is 155. The first-order valence-corrected chi connectivity index (χ1v) is 5.52. The lowest BCUT2D eigenvalue weighted by molar-refractivity contribution is -0.121. The molecule has 0 bridgehead atoms. The van der Waals surface area contributed by atoms with Crippen molar-refractivity contribution in [3.63, 3.8) is 0 Å². The molecule has 14 heavy (non-hydrogen) atoms. The normalized spacial score (nSPS) is 11.0. The van der Waals surface area contributed by atoms with Crippen LogP contribution in [-0.2, 0) is 4.79 Å². The standard InChI is InChI=1S/C11H24N2O/c1-9(2)5-6-11(14)13-8-7-12-10(3)4/h9-10,12H,5-8H2,1-4H3,(H,13,14). The highest BCUT2D eigenvalue weighted by molar-refractivity contribution is 5.75. The smallest absolute Gasteiger partial charge is 0.220 e. The zero-order valence-corrected chi connectivity index (χ0v) is 9.89. The molecule has 0 aliphatic carbocycles. The minimum absolute atomic E-state index is 0.171. The van der Waals surface area contributed by atoms with Gasteiger partial charge in [-0.1, -0.05) is 27.7 Å². The number of amides is 1. The molecule has 0 unspecified atom stereocenters. The van der Waals surface area contributed by atoms with Crippen molar-refractivity contribution in [2.75, 3.05) is 13.1 Å². The molecule has 1 amide bonds. The highest BCUT2D eigenvalue weighted by Crippen LogP contribution is 2.02. The van der Waals surface area contributed by atoms with Crippen LogP contribution < -0.4 is 10.6 Å². The quantitative estimate of drug-likeness (QED) is 0.612. The van der Waals surface area contributed by atoms with Crippen molar-refractivity contribution in [3.05, 3.63) is 0 Å². The molecule has 0 aromatic rings. The van der Waals surface area contributed by atoms with Gasteiger partial charge >= 0.3 is 0 Å². The van der Waals surface area contributed by atoms with E-state index in [0.29, 0.717) is 18.4 Å². The first kappa shape index (κ1) is 13.4. The summed E-state index contributed by atoms with van der Waals surface area (Å²) >= 11 is 0. The highest BCUT2D eigenvalue weighted by Gasteiger charge is 2.02. The van der Waals surface area contributed by atoms with Gasteiger partial charge in [0.1, 0.15) is 0 Å². The van der Waals surface area contributed by atoms with Crippen LogP contribution in [0.15, 0.2) is 0 Å². The van der Waals surface area contributed by atoms with Gasteiger partial charge in [0, 0.05) is 25.6 Å². The Labute approximate surface area is 87.6 Å². The lowest BCUT2D eigenvalue weighted by atomic mass is 10.1. The summed E-state index contributed by atoms with van der Waals surface area (Å²) in [7, 11) is 0. The van der Waals surface area contributed by atoms with Crippen LogP contribution in [0, 0.1) is 5.92 Å². The third kappa shape index (κ3) is 9.52. The average molecular weight is 200 g/mol. The number of hydrogen-bond acceptors (Lipinski definition) is 2. The van der Waals surface area contributed by atoms with Crippen molar-refractivity contribution in [1.82, 2.24) is 10.6 Å². The summed E-state index contributed by atoms with van der Waals surface area (Å²) in [6.45, 7) is 10.0. The van der Waals surface area contributed by atoms with Gasteiger partial charge in [0.25, 0.3) is 0 Å². The van der Waals surface area contributed by atoms with E-state index in [1.54, 1.807) is 0 Å². The second-order valence-electron chi connectivity index (χ2n) is 4.39.